The first-order valence-corrected chi connectivity index (χ1v) is 8.38. The number of hydrogen-bond acceptors (Lipinski definition) is 5. The van der Waals surface area contributed by atoms with Gasteiger partial charge in [-0.2, -0.15) is 0 Å². The second-order valence-corrected chi connectivity index (χ2v) is 6.23. The van der Waals surface area contributed by atoms with Gasteiger partial charge in [-0.3, -0.25) is 5.32 Å². The lowest BCUT2D eigenvalue weighted by Crippen LogP contribution is -2.18. The number of ether oxygens (including phenoxy) is 1. The van der Waals surface area contributed by atoms with Gasteiger partial charge in [-0.25, -0.2) is 9.59 Å². The number of aryl methyl sites for hydroxylation is 1. The van der Waals surface area contributed by atoms with Crippen LogP contribution < -0.4 is 5.32 Å². The molecular weight excluding hydrogens is 348 g/mol. The molecule has 4 rings (SSSR count). The van der Waals surface area contributed by atoms with E-state index in [1.165, 1.54) is 6.92 Å². The maximum Gasteiger partial charge on any atom is 0.414 e. The van der Waals surface area contributed by atoms with E-state index in [-0.39, 0.29) is 29.7 Å². The number of hydrogen-bond donors (Lipinski definition) is 2. The van der Waals surface area contributed by atoms with Crippen molar-refractivity contribution in [2.75, 3.05) is 11.9 Å². The first-order valence-electron chi connectivity index (χ1n) is 8.38. The smallest absolute Gasteiger partial charge is 0.414 e. The normalized spacial score (nSPS) is 12.3. The van der Waals surface area contributed by atoms with Crippen LogP contribution in [0.1, 0.15) is 33.1 Å². The molecule has 27 heavy (non-hydrogen) atoms. The molecule has 7 nitrogen and oxygen atoms in total. The van der Waals surface area contributed by atoms with Gasteiger partial charge >= 0.3 is 12.1 Å². The standard InChI is InChI=1S/C20H16N2O5/c1-11-17(19(23)24)18(27-22-11)21-20(25)26-10-16-14-8-4-2-6-12(14)13-7-3-5-9-15(13)16/h2-9,16H,10H2,1H3,(H,21,25)(H,23,24). The SMILES string of the molecule is Cc1noc(NC(=O)OCC2c3ccccc3-c3ccccc32)c1C(=O)O. The molecule has 7 heteroatoms. The molecule has 136 valence electrons. The van der Waals surface area contributed by atoms with E-state index in [0.29, 0.717) is 0 Å². The van der Waals surface area contributed by atoms with Crippen molar-refractivity contribution in [3.8, 4) is 11.1 Å². The molecule has 0 atom stereocenters. The topological polar surface area (TPSA) is 102 Å². The molecule has 3 aromatic rings. The monoisotopic (exact) mass is 364 g/mol. The Kier molecular flexibility index (Phi) is 4.12. The van der Waals surface area contributed by atoms with Crippen LogP contribution in [0.4, 0.5) is 10.7 Å². The minimum Gasteiger partial charge on any atom is -0.477 e. The zero-order chi connectivity index (χ0) is 19.0. The van der Waals surface area contributed by atoms with Crippen molar-refractivity contribution >= 4 is 17.9 Å². The molecule has 1 aliphatic carbocycles. The fraction of sp³-hybridized carbons (Fsp3) is 0.150. The van der Waals surface area contributed by atoms with Gasteiger partial charge in [0, 0.05) is 5.92 Å². The lowest BCUT2D eigenvalue weighted by Gasteiger charge is -2.14. The van der Waals surface area contributed by atoms with Gasteiger partial charge in [-0.15, -0.1) is 0 Å². The molecule has 0 aliphatic heterocycles. The molecule has 1 amide bonds. The molecular formula is C20H16N2O5. The summed E-state index contributed by atoms with van der Waals surface area (Å²) in [7, 11) is 0. The minimum absolute atomic E-state index is 0.0847. The number of anilines is 1. The minimum atomic E-state index is -1.23. The molecule has 0 bridgehead atoms. The number of nitrogens with zero attached hydrogens (tertiary/aromatic N) is 1. The van der Waals surface area contributed by atoms with Crippen molar-refractivity contribution in [1.29, 1.82) is 0 Å². The highest BCUT2D eigenvalue weighted by Crippen LogP contribution is 2.44. The van der Waals surface area contributed by atoms with Gasteiger partial charge in [0.25, 0.3) is 0 Å². The molecule has 0 saturated carbocycles. The summed E-state index contributed by atoms with van der Waals surface area (Å²) in [5, 5.41) is 15.1. The van der Waals surface area contributed by atoms with E-state index in [1.54, 1.807) is 0 Å². The van der Waals surface area contributed by atoms with Crippen molar-refractivity contribution in [1.82, 2.24) is 5.16 Å². The Morgan fingerprint density at radius 3 is 2.30 bits per heavy atom. The molecule has 0 fully saturated rings. The first-order chi connectivity index (χ1) is 13.1. The van der Waals surface area contributed by atoms with E-state index in [9.17, 15) is 14.7 Å². The van der Waals surface area contributed by atoms with E-state index >= 15 is 0 Å². The summed E-state index contributed by atoms with van der Waals surface area (Å²) < 4.78 is 10.2. The molecule has 0 radical (unpaired) electrons. The van der Waals surface area contributed by atoms with Crippen LogP contribution in [-0.2, 0) is 4.74 Å². The van der Waals surface area contributed by atoms with Crippen molar-refractivity contribution in [2.45, 2.75) is 12.8 Å². The Morgan fingerprint density at radius 1 is 1.11 bits per heavy atom. The molecule has 1 heterocycles. The van der Waals surface area contributed by atoms with Crippen LogP contribution in [0.15, 0.2) is 53.1 Å². The van der Waals surface area contributed by atoms with Gasteiger partial charge in [-0.05, 0) is 29.2 Å². The van der Waals surface area contributed by atoms with E-state index in [4.69, 9.17) is 9.26 Å². The first kappa shape index (κ1) is 16.8. The second-order valence-electron chi connectivity index (χ2n) is 6.23. The maximum atomic E-state index is 12.2. The van der Waals surface area contributed by atoms with Crippen molar-refractivity contribution in [3.05, 3.63) is 70.9 Å². The maximum absolute atomic E-state index is 12.2. The van der Waals surface area contributed by atoms with Crippen LogP contribution in [0.2, 0.25) is 0 Å². The van der Waals surface area contributed by atoms with Gasteiger partial charge in [-0.1, -0.05) is 53.7 Å². The summed E-state index contributed by atoms with van der Waals surface area (Å²) in [4.78, 5) is 23.4. The van der Waals surface area contributed by atoms with Gasteiger partial charge < -0.3 is 14.4 Å². The lowest BCUT2D eigenvalue weighted by molar-refractivity contribution is 0.0697. The predicted octanol–water partition coefficient (Wildman–Crippen LogP) is 4.04. The number of nitrogens with one attached hydrogen (secondary N) is 1. The number of carboxylic acids is 1. The van der Waals surface area contributed by atoms with E-state index in [1.807, 2.05) is 48.5 Å². The summed E-state index contributed by atoms with van der Waals surface area (Å²) in [6.07, 6.45) is -0.796. The van der Waals surface area contributed by atoms with Crippen LogP contribution in [0.5, 0.6) is 0 Å². The number of carboxylic acid groups (broad SMARTS) is 1. The highest BCUT2D eigenvalue weighted by atomic mass is 16.6. The number of carbonyl (C=O) groups excluding carboxylic acids is 1. The number of aromatic carboxylic acids is 1. The van der Waals surface area contributed by atoms with E-state index in [2.05, 4.69) is 10.5 Å². The molecule has 0 saturated heterocycles. The van der Waals surface area contributed by atoms with Crippen molar-refractivity contribution < 1.29 is 24.0 Å². The van der Waals surface area contributed by atoms with Gasteiger partial charge in [0.05, 0.1) is 5.69 Å². The Hall–Kier alpha value is -3.61. The third kappa shape index (κ3) is 2.93. The fourth-order valence-electron chi connectivity index (χ4n) is 3.43. The van der Waals surface area contributed by atoms with Gasteiger partial charge in [0.1, 0.15) is 12.2 Å². The summed E-state index contributed by atoms with van der Waals surface area (Å²) in [6.45, 7) is 1.60. The summed E-state index contributed by atoms with van der Waals surface area (Å²) >= 11 is 0. The van der Waals surface area contributed by atoms with E-state index in [0.717, 1.165) is 22.3 Å². The van der Waals surface area contributed by atoms with Crippen LogP contribution in [-0.4, -0.2) is 28.9 Å². The largest absolute Gasteiger partial charge is 0.477 e. The zero-order valence-electron chi connectivity index (χ0n) is 14.4. The Morgan fingerprint density at radius 2 is 1.70 bits per heavy atom. The molecule has 0 unspecified atom stereocenters. The molecule has 0 spiro atoms. The predicted molar refractivity (Wildman–Crippen MR) is 96.9 cm³/mol. The Bertz CT molecular complexity index is 995. The molecule has 2 aromatic carbocycles. The van der Waals surface area contributed by atoms with Crippen LogP contribution in [0, 0.1) is 6.92 Å². The third-order valence-electron chi connectivity index (χ3n) is 4.64. The number of rotatable bonds is 4. The highest BCUT2D eigenvalue weighted by Gasteiger charge is 2.29. The van der Waals surface area contributed by atoms with Crippen molar-refractivity contribution in [3.63, 3.8) is 0 Å². The Labute approximate surface area is 154 Å². The summed E-state index contributed by atoms with van der Waals surface area (Å²) in [5.41, 5.74) is 4.42. The lowest BCUT2D eigenvalue weighted by atomic mass is 9.98. The van der Waals surface area contributed by atoms with Crippen LogP contribution in [0.3, 0.4) is 0 Å². The summed E-state index contributed by atoms with van der Waals surface area (Å²) in [5.74, 6) is -1.56. The zero-order valence-corrected chi connectivity index (χ0v) is 14.4. The molecule has 1 aromatic heterocycles. The number of benzene rings is 2. The van der Waals surface area contributed by atoms with E-state index < -0.39 is 12.1 Å². The van der Waals surface area contributed by atoms with Crippen LogP contribution >= 0.6 is 0 Å². The molecule has 1 aliphatic rings. The summed E-state index contributed by atoms with van der Waals surface area (Å²) in [6, 6.07) is 16.0. The number of carbonyl (C=O) groups is 2. The number of aromatic nitrogens is 1. The molecule has 2 N–H and O–H groups in total. The van der Waals surface area contributed by atoms with Crippen molar-refractivity contribution in [2.24, 2.45) is 0 Å². The van der Waals surface area contributed by atoms with Gasteiger partial charge in [0.15, 0.2) is 0 Å². The number of fused-ring (bicyclic) bond motifs is 3. The second kappa shape index (κ2) is 6.60. The van der Waals surface area contributed by atoms with Gasteiger partial charge in [0.2, 0.25) is 5.88 Å². The average molecular weight is 364 g/mol. The quantitative estimate of drug-likeness (QED) is 0.724. The average Bonchev–Trinajstić information content (AvgIpc) is 3.18. The Balaban J connectivity index is 1.51. The number of amides is 1. The highest BCUT2D eigenvalue weighted by molar-refractivity contribution is 5.97. The van der Waals surface area contributed by atoms with Crippen LogP contribution in [0.25, 0.3) is 11.1 Å². The fourth-order valence-corrected chi connectivity index (χ4v) is 3.43. The third-order valence-corrected chi connectivity index (χ3v) is 4.64.